The zero-order valence-electron chi connectivity index (χ0n) is 28.8. The number of hydrogen-bond donors (Lipinski definition) is 0. The van der Waals surface area contributed by atoms with Gasteiger partial charge < -0.3 is 9.32 Å². The third-order valence-corrected chi connectivity index (χ3v) is 11.9. The van der Waals surface area contributed by atoms with Crippen LogP contribution in [0.2, 0.25) is 0 Å². The number of nitrogens with zero attached hydrogens (tertiary/aromatic N) is 1. The van der Waals surface area contributed by atoms with Gasteiger partial charge in [-0.25, -0.2) is 0 Å². The Balaban J connectivity index is 1.02. The normalized spacial score (nSPS) is 13.9. The molecule has 0 N–H and O–H groups in total. The molecule has 0 bridgehead atoms. The molecule has 9 aromatic rings. The lowest BCUT2D eigenvalue weighted by Gasteiger charge is -2.26. The maximum Gasteiger partial charge on any atom is 0.135 e. The van der Waals surface area contributed by atoms with Crippen molar-refractivity contribution in [1.82, 2.24) is 0 Å². The summed E-state index contributed by atoms with van der Waals surface area (Å²) in [7, 11) is 0. The van der Waals surface area contributed by atoms with Crippen LogP contribution in [0.25, 0.3) is 71.5 Å². The monoisotopic (exact) mass is 685 g/mol. The predicted molar refractivity (Wildman–Crippen MR) is 222 cm³/mol. The van der Waals surface area contributed by atoms with Crippen LogP contribution in [0.4, 0.5) is 17.1 Å². The highest BCUT2D eigenvalue weighted by Crippen LogP contribution is 2.43. The maximum atomic E-state index is 6.10. The molecule has 1 unspecified atom stereocenters. The van der Waals surface area contributed by atoms with Crippen LogP contribution in [0.1, 0.15) is 29.7 Å². The molecule has 248 valence electrons. The zero-order chi connectivity index (χ0) is 34.6. The van der Waals surface area contributed by atoms with Gasteiger partial charge in [0.1, 0.15) is 11.2 Å². The van der Waals surface area contributed by atoms with E-state index in [-0.39, 0.29) is 0 Å². The Bertz CT molecular complexity index is 2750. The molecule has 0 spiro atoms. The Hall–Kier alpha value is -6.16. The number of rotatable bonds is 6. The number of benzene rings is 7. The van der Waals surface area contributed by atoms with Crippen molar-refractivity contribution in [2.75, 3.05) is 4.90 Å². The molecule has 0 saturated carbocycles. The average Bonchev–Trinajstić information content (AvgIpc) is 3.78. The third-order valence-electron chi connectivity index (χ3n) is 10.5. The Morgan fingerprint density at radius 2 is 1.02 bits per heavy atom. The molecule has 0 radical (unpaired) electrons. The van der Waals surface area contributed by atoms with E-state index in [0.717, 1.165) is 45.4 Å². The lowest BCUT2D eigenvalue weighted by molar-refractivity contribution is 0.669. The average molecular weight is 686 g/mol. The molecular formula is C49H35NOS. The van der Waals surface area contributed by atoms with E-state index in [0.29, 0.717) is 5.92 Å². The van der Waals surface area contributed by atoms with Crippen LogP contribution in [0.15, 0.2) is 174 Å². The number of allylic oxidation sites excluding steroid dienone is 1. The predicted octanol–water partition coefficient (Wildman–Crippen LogP) is 14.8. The van der Waals surface area contributed by atoms with Crippen molar-refractivity contribution in [1.29, 1.82) is 0 Å². The summed E-state index contributed by atoms with van der Waals surface area (Å²) in [5.74, 6) is 0.586. The summed E-state index contributed by atoms with van der Waals surface area (Å²) in [6.07, 6.45) is 5.78. The molecule has 0 saturated heterocycles. The van der Waals surface area contributed by atoms with Gasteiger partial charge in [-0.05, 0) is 118 Å². The van der Waals surface area contributed by atoms with Crippen molar-refractivity contribution in [3.8, 4) is 33.4 Å². The number of hydrogen-bond acceptors (Lipinski definition) is 3. The lowest BCUT2D eigenvalue weighted by Crippen LogP contribution is -2.09. The molecule has 0 amide bonds. The fourth-order valence-electron chi connectivity index (χ4n) is 7.74. The van der Waals surface area contributed by atoms with E-state index in [1.54, 1.807) is 0 Å². The van der Waals surface area contributed by atoms with E-state index >= 15 is 0 Å². The van der Waals surface area contributed by atoms with Crippen LogP contribution in [-0.2, 0) is 0 Å². The fraction of sp³-hybridized carbons (Fsp3) is 0.0612. The topological polar surface area (TPSA) is 16.4 Å². The van der Waals surface area contributed by atoms with Crippen molar-refractivity contribution >= 4 is 66.5 Å². The Morgan fingerprint density at radius 1 is 0.500 bits per heavy atom. The standard InChI is InChI=1S/C49H35NOS/c1-32-8-7-12-43-45-31-38(21-29-48(45)52-49(32)43)36-18-26-41(27-19-36)50(39-22-14-34(15-23-39)33-9-3-2-4-10-33)40-24-16-35(17-25-40)37-20-28-47-44(30-37)42-11-5-6-13-46(42)51-47/h2-7,9-32H,8H2,1H3. The first-order valence-corrected chi connectivity index (χ1v) is 18.8. The highest BCUT2D eigenvalue weighted by atomic mass is 32.1. The zero-order valence-corrected chi connectivity index (χ0v) is 29.6. The van der Waals surface area contributed by atoms with Gasteiger partial charge >= 0.3 is 0 Å². The second-order valence-corrected chi connectivity index (χ2v) is 14.9. The van der Waals surface area contributed by atoms with Crippen LogP contribution in [-0.4, -0.2) is 0 Å². The van der Waals surface area contributed by atoms with Crippen molar-refractivity contribution in [2.45, 2.75) is 19.3 Å². The molecule has 1 aliphatic rings. The molecule has 2 aromatic heterocycles. The van der Waals surface area contributed by atoms with Gasteiger partial charge in [-0.1, -0.05) is 116 Å². The van der Waals surface area contributed by atoms with Crippen LogP contribution >= 0.6 is 11.3 Å². The molecule has 1 aliphatic carbocycles. The van der Waals surface area contributed by atoms with Gasteiger partial charge in [-0.3, -0.25) is 0 Å². The summed E-state index contributed by atoms with van der Waals surface area (Å²) in [5, 5.41) is 3.65. The van der Waals surface area contributed by atoms with Gasteiger partial charge in [0.15, 0.2) is 0 Å². The summed E-state index contributed by atoms with van der Waals surface area (Å²) in [4.78, 5) is 3.86. The van der Waals surface area contributed by atoms with Gasteiger partial charge in [0.25, 0.3) is 0 Å². The Kier molecular flexibility index (Phi) is 7.40. The van der Waals surface area contributed by atoms with Gasteiger partial charge in [-0.2, -0.15) is 0 Å². The summed E-state index contributed by atoms with van der Waals surface area (Å²) in [6, 6.07) is 59.1. The third kappa shape index (κ3) is 5.33. The summed E-state index contributed by atoms with van der Waals surface area (Å²) >= 11 is 1.95. The van der Waals surface area contributed by atoms with Crippen LogP contribution in [0, 0.1) is 0 Å². The molecule has 2 heterocycles. The molecule has 7 aromatic carbocycles. The number of para-hydroxylation sites is 1. The van der Waals surface area contributed by atoms with E-state index in [4.69, 9.17) is 4.42 Å². The molecule has 52 heavy (non-hydrogen) atoms. The smallest absolute Gasteiger partial charge is 0.135 e. The van der Waals surface area contributed by atoms with Crippen molar-refractivity contribution < 1.29 is 4.42 Å². The van der Waals surface area contributed by atoms with E-state index in [2.05, 4.69) is 176 Å². The molecule has 0 aliphatic heterocycles. The van der Waals surface area contributed by atoms with Gasteiger partial charge in [-0.15, -0.1) is 11.3 Å². The summed E-state index contributed by atoms with van der Waals surface area (Å²) in [6.45, 7) is 2.34. The Labute approximate surface area is 307 Å². The molecule has 1 atom stereocenters. The first kappa shape index (κ1) is 30.6. The molecule has 0 fully saturated rings. The van der Waals surface area contributed by atoms with E-state index in [1.807, 2.05) is 23.5 Å². The van der Waals surface area contributed by atoms with Gasteiger partial charge in [0.05, 0.1) is 0 Å². The second-order valence-electron chi connectivity index (χ2n) is 13.8. The molecule has 3 heteroatoms. The van der Waals surface area contributed by atoms with Gasteiger partial charge in [0, 0.05) is 42.8 Å². The van der Waals surface area contributed by atoms with Crippen molar-refractivity contribution in [3.63, 3.8) is 0 Å². The van der Waals surface area contributed by atoms with Gasteiger partial charge in [0.2, 0.25) is 0 Å². The minimum Gasteiger partial charge on any atom is -0.456 e. The van der Waals surface area contributed by atoms with Crippen LogP contribution in [0.3, 0.4) is 0 Å². The largest absolute Gasteiger partial charge is 0.456 e. The second kappa shape index (κ2) is 12.6. The minimum atomic E-state index is 0.586. The number of anilines is 3. The summed E-state index contributed by atoms with van der Waals surface area (Å²) in [5.41, 5.74) is 13.8. The SMILES string of the molecule is CC1CC=Cc2c1sc1ccc(-c3ccc(N(c4ccc(-c5ccccc5)cc4)c4ccc(-c5ccc6oc7ccccc7c6c5)cc4)cc3)cc21. The lowest BCUT2D eigenvalue weighted by atomic mass is 9.93. The number of thiophene rings is 1. The van der Waals surface area contributed by atoms with Crippen LogP contribution in [0.5, 0.6) is 0 Å². The van der Waals surface area contributed by atoms with E-state index < -0.39 is 0 Å². The van der Waals surface area contributed by atoms with Crippen molar-refractivity contribution in [2.24, 2.45) is 0 Å². The minimum absolute atomic E-state index is 0.586. The number of furan rings is 1. The van der Waals surface area contributed by atoms with E-state index in [9.17, 15) is 0 Å². The van der Waals surface area contributed by atoms with E-state index in [1.165, 1.54) is 53.9 Å². The Morgan fingerprint density at radius 3 is 1.69 bits per heavy atom. The number of fused-ring (bicyclic) bond motifs is 6. The highest BCUT2D eigenvalue weighted by molar-refractivity contribution is 7.19. The first-order chi connectivity index (χ1) is 25.7. The maximum absolute atomic E-state index is 6.10. The van der Waals surface area contributed by atoms with Crippen LogP contribution < -0.4 is 4.90 Å². The molecular weight excluding hydrogens is 651 g/mol. The molecule has 10 rings (SSSR count). The fourth-order valence-corrected chi connectivity index (χ4v) is 8.98. The molecule has 2 nitrogen and oxygen atoms in total. The summed E-state index contributed by atoms with van der Waals surface area (Å²) < 4.78 is 7.47. The highest BCUT2D eigenvalue weighted by Gasteiger charge is 2.19. The first-order valence-electron chi connectivity index (χ1n) is 18.0. The quantitative estimate of drug-likeness (QED) is 0.173. The van der Waals surface area contributed by atoms with Crippen molar-refractivity contribution in [3.05, 3.63) is 180 Å².